The lowest BCUT2D eigenvalue weighted by Crippen LogP contribution is -2.43. The molecule has 0 radical (unpaired) electrons. The molecule has 0 saturated carbocycles. The third-order valence-corrected chi connectivity index (χ3v) is 5.76. The van der Waals surface area contributed by atoms with Crippen LogP contribution < -0.4 is 5.73 Å². The molecular weight excluding hydrogens is 420 g/mol. The minimum atomic E-state index is -0.666. The van der Waals surface area contributed by atoms with Crippen LogP contribution in [0.2, 0.25) is 0 Å². The Labute approximate surface area is 171 Å². The average molecular weight is 441 g/mol. The van der Waals surface area contributed by atoms with Gasteiger partial charge in [-0.1, -0.05) is 63.6 Å². The molecular formula is C21H21BrN4O2. The molecule has 2 heterocycles. The number of nitrogens with two attached hydrogens (primary N) is 1. The van der Waals surface area contributed by atoms with Crippen LogP contribution in [-0.4, -0.2) is 34.0 Å². The van der Waals surface area contributed by atoms with Crippen molar-refractivity contribution in [1.29, 1.82) is 0 Å². The second kappa shape index (κ2) is 7.85. The van der Waals surface area contributed by atoms with E-state index >= 15 is 0 Å². The van der Waals surface area contributed by atoms with E-state index in [1.807, 2.05) is 54.6 Å². The molecule has 2 N–H and O–H groups in total. The Hall–Kier alpha value is -2.51. The first-order chi connectivity index (χ1) is 13.5. The van der Waals surface area contributed by atoms with E-state index in [2.05, 4.69) is 31.0 Å². The minimum Gasteiger partial charge on any atom is -0.369 e. The van der Waals surface area contributed by atoms with Gasteiger partial charge >= 0.3 is 0 Å². The normalized spacial score (nSPS) is 19.8. The second-order valence-corrected chi connectivity index (χ2v) is 8.10. The maximum atomic E-state index is 12.3. The smallest absolute Gasteiger partial charge is 0.240 e. The number of nitrogens with zero attached hydrogens (tertiary/aromatic N) is 3. The van der Waals surface area contributed by atoms with Gasteiger partial charge in [0.05, 0.1) is 12.0 Å². The molecule has 7 heteroatoms. The summed E-state index contributed by atoms with van der Waals surface area (Å²) in [5.74, 6) is 0.914. The summed E-state index contributed by atoms with van der Waals surface area (Å²) < 4.78 is 6.46. The van der Waals surface area contributed by atoms with Gasteiger partial charge in [-0.05, 0) is 29.7 Å². The van der Waals surface area contributed by atoms with Gasteiger partial charge in [0.2, 0.25) is 11.8 Å². The van der Waals surface area contributed by atoms with Crippen molar-refractivity contribution in [2.45, 2.75) is 24.8 Å². The van der Waals surface area contributed by atoms with Crippen molar-refractivity contribution in [1.82, 2.24) is 15.0 Å². The Kier molecular flexibility index (Phi) is 5.28. The number of likely N-dealkylation sites (tertiary alicyclic amines) is 1. The fourth-order valence-electron chi connectivity index (χ4n) is 3.81. The standard InChI is InChI=1S/C21H21BrN4O2/c22-17-8-4-5-15(11-17)12-18-24-19(28-25-18)13-26-10-9-21(14-26,20(23)27)16-6-2-1-3-7-16/h1-8,11H,9-10,12-14H2,(H2,23,27). The molecule has 1 aliphatic rings. The van der Waals surface area contributed by atoms with Crippen LogP contribution in [0.5, 0.6) is 0 Å². The van der Waals surface area contributed by atoms with Crippen molar-refractivity contribution in [3.05, 3.63) is 81.9 Å². The monoisotopic (exact) mass is 440 g/mol. The molecule has 1 atom stereocenters. The Bertz CT molecular complexity index is 975. The van der Waals surface area contributed by atoms with Crippen molar-refractivity contribution in [2.24, 2.45) is 5.73 Å². The van der Waals surface area contributed by atoms with Crippen LogP contribution in [0.3, 0.4) is 0 Å². The maximum absolute atomic E-state index is 12.3. The summed E-state index contributed by atoms with van der Waals surface area (Å²) >= 11 is 3.47. The molecule has 1 unspecified atom stereocenters. The quantitative estimate of drug-likeness (QED) is 0.636. The highest BCUT2D eigenvalue weighted by Crippen LogP contribution is 2.35. The molecule has 144 valence electrons. The van der Waals surface area contributed by atoms with E-state index in [-0.39, 0.29) is 5.91 Å². The zero-order valence-electron chi connectivity index (χ0n) is 15.3. The molecule has 1 aromatic heterocycles. The highest BCUT2D eigenvalue weighted by atomic mass is 79.9. The lowest BCUT2D eigenvalue weighted by molar-refractivity contribution is -0.123. The molecule has 2 aromatic carbocycles. The van der Waals surface area contributed by atoms with Gasteiger partial charge < -0.3 is 10.3 Å². The number of primary amides is 1. The molecule has 28 heavy (non-hydrogen) atoms. The van der Waals surface area contributed by atoms with Crippen molar-refractivity contribution >= 4 is 21.8 Å². The van der Waals surface area contributed by atoms with Crippen LogP contribution in [-0.2, 0) is 23.2 Å². The third-order valence-electron chi connectivity index (χ3n) is 5.27. The molecule has 0 bridgehead atoms. The Balaban J connectivity index is 1.44. The van der Waals surface area contributed by atoms with Gasteiger partial charge in [0.15, 0.2) is 5.82 Å². The van der Waals surface area contributed by atoms with Crippen molar-refractivity contribution in [2.75, 3.05) is 13.1 Å². The van der Waals surface area contributed by atoms with Gasteiger partial charge in [-0.3, -0.25) is 9.69 Å². The van der Waals surface area contributed by atoms with E-state index in [4.69, 9.17) is 10.3 Å². The Morgan fingerprint density at radius 2 is 2.04 bits per heavy atom. The SMILES string of the molecule is NC(=O)C1(c2ccccc2)CCN(Cc2nc(Cc3cccc(Br)c3)no2)C1. The Morgan fingerprint density at radius 3 is 2.79 bits per heavy atom. The van der Waals surface area contributed by atoms with Gasteiger partial charge in [-0.25, -0.2) is 0 Å². The predicted octanol–water partition coefficient (Wildman–Crippen LogP) is 3.05. The maximum Gasteiger partial charge on any atom is 0.240 e. The molecule has 0 aliphatic carbocycles. The van der Waals surface area contributed by atoms with Crippen LogP contribution in [0.1, 0.15) is 29.3 Å². The number of carbonyl (C=O) groups is 1. The minimum absolute atomic E-state index is 0.290. The molecule has 4 rings (SSSR count). The summed E-state index contributed by atoms with van der Waals surface area (Å²) in [7, 11) is 0. The highest BCUT2D eigenvalue weighted by molar-refractivity contribution is 9.10. The fourth-order valence-corrected chi connectivity index (χ4v) is 4.25. The van der Waals surface area contributed by atoms with E-state index in [0.717, 1.165) is 22.1 Å². The molecule has 3 aromatic rings. The molecule has 0 spiro atoms. The zero-order valence-corrected chi connectivity index (χ0v) is 16.9. The number of halogens is 1. The lowest BCUT2D eigenvalue weighted by Gasteiger charge is -2.26. The van der Waals surface area contributed by atoms with E-state index in [1.54, 1.807) is 0 Å². The molecule has 6 nitrogen and oxygen atoms in total. The summed E-state index contributed by atoms with van der Waals surface area (Å²) in [6.07, 6.45) is 1.30. The predicted molar refractivity (Wildman–Crippen MR) is 108 cm³/mol. The second-order valence-electron chi connectivity index (χ2n) is 7.18. The summed E-state index contributed by atoms with van der Waals surface area (Å²) in [6, 6.07) is 17.8. The summed E-state index contributed by atoms with van der Waals surface area (Å²) in [6.45, 7) is 1.81. The zero-order chi connectivity index (χ0) is 19.6. The van der Waals surface area contributed by atoms with Gasteiger partial charge in [-0.15, -0.1) is 0 Å². The number of rotatable bonds is 6. The number of carbonyl (C=O) groups excluding carboxylic acids is 1. The first-order valence-corrected chi connectivity index (χ1v) is 9.98. The van der Waals surface area contributed by atoms with Gasteiger partial charge in [0, 0.05) is 24.0 Å². The number of benzene rings is 2. The van der Waals surface area contributed by atoms with Gasteiger partial charge in [0.1, 0.15) is 0 Å². The van der Waals surface area contributed by atoms with Crippen molar-refractivity contribution in [3.63, 3.8) is 0 Å². The molecule has 1 aliphatic heterocycles. The molecule has 1 amide bonds. The topological polar surface area (TPSA) is 85.3 Å². The van der Waals surface area contributed by atoms with Gasteiger partial charge in [-0.2, -0.15) is 4.98 Å². The molecule has 1 saturated heterocycles. The molecule has 1 fully saturated rings. The number of hydrogen-bond donors (Lipinski definition) is 1. The summed E-state index contributed by atoms with van der Waals surface area (Å²) in [5.41, 5.74) is 7.21. The van der Waals surface area contributed by atoms with Crippen LogP contribution in [0.25, 0.3) is 0 Å². The lowest BCUT2D eigenvalue weighted by atomic mass is 9.79. The van der Waals surface area contributed by atoms with Crippen molar-refractivity contribution < 1.29 is 9.32 Å². The summed E-state index contributed by atoms with van der Waals surface area (Å²) in [4.78, 5) is 19.0. The number of amides is 1. The van der Waals surface area contributed by atoms with E-state index in [0.29, 0.717) is 37.6 Å². The average Bonchev–Trinajstić information content (AvgIpc) is 3.31. The van der Waals surface area contributed by atoms with Crippen LogP contribution in [0.15, 0.2) is 63.6 Å². The van der Waals surface area contributed by atoms with Gasteiger partial charge in [0.25, 0.3) is 0 Å². The van der Waals surface area contributed by atoms with Crippen LogP contribution in [0.4, 0.5) is 0 Å². The largest absolute Gasteiger partial charge is 0.369 e. The number of hydrogen-bond acceptors (Lipinski definition) is 5. The highest BCUT2D eigenvalue weighted by Gasteiger charge is 2.44. The first-order valence-electron chi connectivity index (χ1n) is 9.19. The fraction of sp³-hybridized carbons (Fsp3) is 0.286. The van der Waals surface area contributed by atoms with Crippen LogP contribution >= 0.6 is 15.9 Å². The first kappa shape index (κ1) is 18.8. The van der Waals surface area contributed by atoms with Crippen LogP contribution in [0, 0.1) is 0 Å². The van der Waals surface area contributed by atoms with Crippen molar-refractivity contribution in [3.8, 4) is 0 Å². The van der Waals surface area contributed by atoms with E-state index in [1.165, 1.54) is 0 Å². The van der Waals surface area contributed by atoms with E-state index < -0.39 is 5.41 Å². The Morgan fingerprint density at radius 1 is 1.21 bits per heavy atom. The number of aromatic nitrogens is 2. The third kappa shape index (κ3) is 3.86. The van der Waals surface area contributed by atoms with E-state index in [9.17, 15) is 4.79 Å². The summed E-state index contributed by atoms with van der Waals surface area (Å²) in [5, 5.41) is 4.09.